The summed E-state index contributed by atoms with van der Waals surface area (Å²) in [6, 6.07) is 14.7. The van der Waals surface area contributed by atoms with Crippen molar-refractivity contribution in [3.05, 3.63) is 70.1 Å². The highest BCUT2D eigenvalue weighted by molar-refractivity contribution is 5.81. The van der Waals surface area contributed by atoms with Gasteiger partial charge in [-0.3, -0.25) is 0 Å². The lowest BCUT2D eigenvalue weighted by atomic mass is 9.98. The molecule has 9 nitrogen and oxygen atoms in total. The summed E-state index contributed by atoms with van der Waals surface area (Å²) in [4.78, 5) is 26.1. The Kier molecular flexibility index (Phi) is 6.33. The molecule has 2 aromatic rings. The van der Waals surface area contributed by atoms with Crippen LogP contribution in [0, 0.1) is 0 Å². The van der Waals surface area contributed by atoms with Crippen LogP contribution in [0.15, 0.2) is 53.6 Å². The van der Waals surface area contributed by atoms with Crippen molar-refractivity contribution in [2.75, 3.05) is 6.61 Å². The number of carboxylic acids is 1. The molecule has 4 N–H and O–H groups in total. The van der Waals surface area contributed by atoms with Crippen LogP contribution in [0.5, 0.6) is 0 Å². The van der Waals surface area contributed by atoms with E-state index in [1.54, 1.807) is 0 Å². The molecule has 0 aliphatic heterocycles. The third kappa shape index (κ3) is 4.66. The van der Waals surface area contributed by atoms with E-state index in [1.807, 2.05) is 48.5 Å². The monoisotopic (exact) mass is 395 g/mol. The van der Waals surface area contributed by atoms with Crippen molar-refractivity contribution in [1.29, 1.82) is 0 Å². The number of carboxylic acid groups (broad SMARTS) is 1. The molecule has 0 fully saturated rings. The van der Waals surface area contributed by atoms with Crippen LogP contribution in [-0.2, 0) is 9.53 Å². The average Bonchev–Trinajstić information content (AvgIpc) is 3.03. The summed E-state index contributed by atoms with van der Waals surface area (Å²) in [6.07, 6.45) is -1.55. The molecule has 1 amide bonds. The molecule has 0 heterocycles. The summed E-state index contributed by atoms with van der Waals surface area (Å²) in [5.74, 6) is -1.33. The SMILES string of the molecule is [N-]=[N+]=NC(N)CC[C@@H](NC(=O)OCC1c2ccccc2-c2ccccc21)C(=O)O. The van der Waals surface area contributed by atoms with Crippen molar-refractivity contribution in [2.24, 2.45) is 10.8 Å². The van der Waals surface area contributed by atoms with Crippen LogP contribution in [-0.4, -0.2) is 36.0 Å². The van der Waals surface area contributed by atoms with E-state index in [2.05, 4.69) is 15.3 Å². The minimum Gasteiger partial charge on any atom is -0.480 e. The van der Waals surface area contributed by atoms with Gasteiger partial charge in [-0.2, -0.15) is 0 Å². The van der Waals surface area contributed by atoms with Crippen LogP contribution < -0.4 is 11.1 Å². The largest absolute Gasteiger partial charge is 0.480 e. The van der Waals surface area contributed by atoms with Crippen LogP contribution in [0.1, 0.15) is 29.9 Å². The van der Waals surface area contributed by atoms with E-state index in [4.69, 9.17) is 16.0 Å². The molecule has 29 heavy (non-hydrogen) atoms. The lowest BCUT2D eigenvalue weighted by Crippen LogP contribution is -2.42. The molecule has 1 aliphatic carbocycles. The number of carbonyl (C=O) groups excluding carboxylic acids is 1. The first-order chi connectivity index (χ1) is 14.0. The Labute approximate surface area is 167 Å². The molecule has 150 valence electrons. The quantitative estimate of drug-likeness (QED) is 0.356. The number of aliphatic carboxylic acids is 1. The Morgan fingerprint density at radius 1 is 1.14 bits per heavy atom. The molecule has 9 heteroatoms. The van der Waals surface area contributed by atoms with Gasteiger partial charge < -0.3 is 20.9 Å². The van der Waals surface area contributed by atoms with E-state index in [1.165, 1.54) is 0 Å². The van der Waals surface area contributed by atoms with Gasteiger partial charge in [-0.1, -0.05) is 53.6 Å². The van der Waals surface area contributed by atoms with E-state index in [0.717, 1.165) is 22.3 Å². The molecular formula is C20H21N5O4. The molecule has 2 aromatic carbocycles. The molecule has 1 unspecified atom stereocenters. The van der Waals surface area contributed by atoms with Crippen LogP contribution >= 0.6 is 0 Å². The minimum atomic E-state index is -1.22. The number of nitrogens with two attached hydrogens (primary N) is 1. The minimum absolute atomic E-state index is 0.0136. The maximum atomic E-state index is 12.2. The first-order valence-corrected chi connectivity index (χ1v) is 9.15. The van der Waals surface area contributed by atoms with Gasteiger partial charge in [-0.05, 0) is 40.6 Å². The summed E-state index contributed by atoms with van der Waals surface area (Å²) in [6.45, 7) is 0.0877. The molecule has 2 atom stereocenters. The molecule has 0 radical (unpaired) electrons. The summed E-state index contributed by atoms with van der Waals surface area (Å²) < 4.78 is 5.35. The van der Waals surface area contributed by atoms with E-state index >= 15 is 0 Å². The fraction of sp³-hybridized carbons (Fsp3) is 0.300. The van der Waals surface area contributed by atoms with Gasteiger partial charge in [0, 0.05) is 10.8 Å². The number of alkyl carbamates (subject to hydrolysis) is 1. The van der Waals surface area contributed by atoms with E-state index in [-0.39, 0.29) is 25.4 Å². The summed E-state index contributed by atoms with van der Waals surface area (Å²) >= 11 is 0. The smallest absolute Gasteiger partial charge is 0.407 e. The lowest BCUT2D eigenvalue weighted by Gasteiger charge is -2.18. The first kappa shape index (κ1) is 20.2. The number of ether oxygens (including phenoxy) is 1. The zero-order valence-electron chi connectivity index (χ0n) is 15.6. The summed E-state index contributed by atoms with van der Waals surface area (Å²) in [7, 11) is 0. The molecule has 0 saturated carbocycles. The zero-order chi connectivity index (χ0) is 20.8. The number of nitrogens with zero attached hydrogens (tertiary/aromatic N) is 3. The zero-order valence-corrected chi connectivity index (χ0v) is 15.6. The number of rotatable bonds is 8. The number of nitrogens with one attached hydrogen (secondary N) is 1. The number of hydrogen-bond acceptors (Lipinski definition) is 5. The van der Waals surface area contributed by atoms with Gasteiger partial charge in [0.1, 0.15) is 12.6 Å². The fourth-order valence-corrected chi connectivity index (χ4v) is 3.50. The number of azide groups is 1. The number of amides is 1. The number of fused-ring (bicyclic) bond motifs is 3. The molecule has 0 aromatic heterocycles. The fourth-order valence-electron chi connectivity index (χ4n) is 3.50. The standard InChI is InChI=1S/C20H21N5O4/c21-18(24-25-22)10-9-17(19(26)27)23-20(28)29-11-16-14-7-3-1-5-12(14)13-6-2-4-8-15(13)16/h1-8,16-18H,9-11,21H2,(H,23,28)(H,26,27)/t17-,18?/m1/s1. The summed E-state index contributed by atoms with van der Waals surface area (Å²) in [5, 5.41) is 14.9. The number of carbonyl (C=O) groups is 2. The molecule has 0 bridgehead atoms. The Morgan fingerprint density at radius 3 is 2.28 bits per heavy atom. The van der Waals surface area contributed by atoms with Crippen LogP contribution in [0.25, 0.3) is 21.6 Å². The van der Waals surface area contributed by atoms with Crippen molar-refractivity contribution in [2.45, 2.75) is 31.0 Å². The van der Waals surface area contributed by atoms with Crippen LogP contribution in [0.2, 0.25) is 0 Å². The third-order valence-corrected chi connectivity index (χ3v) is 4.88. The Hall–Kier alpha value is -3.55. The van der Waals surface area contributed by atoms with Crippen LogP contribution in [0.3, 0.4) is 0 Å². The van der Waals surface area contributed by atoms with Crippen molar-refractivity contribution in [3.63, 3.8) is 0 Å². The van der Waals surface area contributed by atoms with Gasteiger partial charge in [0.25, 0.3) is 0 Å². The molecule has 1 aliphatic rings. The van der Waals surface area contributed by atoms with E-state index < -0.39 is 24.3 Å². The second kappa shape index (κ2) is 9.09. The number of hydrogen-bond donors (Lipinski definition) is 3. The molecule has 0 spiro atoms. The van der Waals surface area contributed by atoms with Gasteiger partial charge >= 0.3 is 12.1 Å². The van der Waals surface area contributed by atoms with Gasteiger partial charge in [0.05, 0.1) is 6.17 Å². The maximum Gasteiger partial charge on any atom is 0.407 e. The Balaban J connectivity index is 1.63. The Bertz CT molecular complexity index is 912. The average molecular weight is 395 g/mol. The first-order valence-electron chi connectivity index (χ1n) is 9.15. The highest BCUT2D eigenvalue weighted by Gasteiger charge is 2.29. The topological polar surface area (TPSA) is 150 Å². The third-order valence-electron chi connectivity index (χ3n) is 4.88. The lowest BCUT2D eigenvalue weighted by molar-refractivity contribution is -0.139. The predicted octanol–water partition coefficient (Wildman–Crippen LogP) is 3.35. The van der Waals surface area contributed by atoms with Gasteiger partial charge in [-0.25, -0.2) is 9.59 Å². The highest BCUT2D eigenvalue weighted by atomic mass is 16.5. The normalized spacial score (nSPS) is 14.1. The highest BCUT2D eigenvalue weighted by Crippen LogP contribution is 2.44. The molecule has 3 rings (SSSR count). The van der Waals surface area contributed by atoms with Crippen LogP contribution in [0.4, 0.5) is 4.79 Å². The van der Waals surface area contributed by atoms with Crippen molar-refractivity contribution >= 4 is 12.1 Å². The summed E-state index contributed by atoms with van der Waals surface area (Å²) in [5.41, 5.74) is 18.2. The van der Waals surface area contributed by atoms with Crippen molar-refractivity contribution in [1.82, 2.24) is 5.32 Å². The van der Waals surface area contributed by atoms with Crippen molar-refractivity contribution in [3.8, 4) is 11.1 Å². The Morgan fingerprint density at radius 2 is 1.72 bits per heavy atom. The number of benzene rings is 2. The van der Waals surface area contributed by atoms with E-state index in [0.29, 0.717) is 0 Å². The van der Waals surface area contributed by atoms with E-state index in [9.17, 15) is 14.7 Å². The predicted molar refractivity (Wildman–Crippen MR) is 106 cm³/mol. The van der Waals surface area contributed by atoms with Gasteiger partial charge in [-0.15, -0.1) is 0 Å². The van der Waals surface area contributed by atoms with Gasteiger partial charge in [0.2, 0.25) is 0 Å². The second-order valence-corrected chi connectivity index (χ2v) is 6.71. The molecular weight excluding hydrogens is 374 g/mol. The molecule has 0 saturated heterocycles. The second-order valence-electron chi connectivity index (χ2n) is 6.71. The maximum absolute atomic E-state index is 12.2. The van der Waals surface area contributed by atoms with Crippen molar-refractivity contribution < 1.29 is 19.4 Å². The van der Waals surface area contributed by atoms with Gasteiger partial charge in [0.15, 0.2) is 0 Å².